The van der Waals surface area contributed by atoms with E-state index in [9.17, 15) is 9.59 Å². The molecule has 1 aliphatic rings. The summed E-state index contributed by atoms with van der Waals surface area (Å²) in [6.45, 7) is 2.92. The first-order chi connectivity index (χ1) is 17.0. The second-order valence-corrected chi connectivity index (χ2v) is 8.69. The smallest absolute Gasteiger partial charge is 0.274 e. The molecule has 1 saturated carbocycles. The summed E-state index contributed by atoms with van der Waals surface area (Å²) in [5.74, 6) is 0.00104. The van der Waals surface area contributed by atoms with Crippen molar-refractivity contribution >= 4 is 28.4 Å². The van der Waals surface area contributed by atoms with E-state index in [1.165, 1.54) is 6.07 Å². The molecule has 0 radical (unpaired) electrons. The molecule has 2 aromatic heterocycles. The van der Waals surface area contributed by atoms with Gasteiger partial charge in [0.25, 0.3) is 11.8 Å². The highest BCUT2D eigenvalue weighted by molar-refractivity contribution is 6.15. The summed E-state index contributed by atoms with van der Waals surface area (Å²) in [6.07, 6.45) is 6.83. The number of hydrogen-bond donors (Lipinski definition) is 3. The number of amides is 2. The third kappa shape index (κ3) is 4.26. The number of aromatic nitrogens is 3. The number of carbonyl (C=O) groups excluding carboxylic acids is 2. The van der Waals surface area contributed by atoms with E-state index in [0.29, 0.717) is 17.0 Å². The van der Waals surface area contributed by atoms with Crippen LogP contribution in [0.1, 0.15) is 58.5 Å². The molecule has 0 aliphatic heterocycles. The van der Waals surface area contributed by atoms with Crippen molar-refractivity contribution in [2.75, 3.05) is 12.4 Å². The van der Waals surface area contributed by atoms with Gasteiger partial charge in [-0.05, 0) is 55.7 Å². The van der Waals surface area contributed by atoms with Gasteiger partial charge in [-0.25, -0.2) is 5.48 Å². The molecule has 180 valence electrons. The number of fused-ring (bicyclic) bond motifs is 1. The van der Waals surface area contributed by atoms with E-state index in [1.54, 1.807) is 30.8 Å². The van der Waals surface area contributed by atoms with Gasteiger partial charge in [-0.15, -0.1) is 0 Å². The SMILES string of the molecule is CCCn1cc(-n2c(C3CC3)c(C(=O)Nc3cccc(C(=O)NO)c3)c3cc(OC)ccc32)cn1. The summed E-state index contributed by atoms with van der Waals surface area (Å²) in [4.78, 5) is 25.6. The number of methoxy groups -OCH3 is 1. The summed E-state index contributed by atoms with van der Waals surface area (Å²) in [5, 5.41) is 17.2. The molecular formula is C26H27N5O4. The monoisotopic (exact) mass is 473 g/mol. The molecule has 0 saturated heterocycles. The number of carbonyl (C=O) groups is 2. The molecule has 2 aromatic carbocycles. The Labute approximate surface area is 202 Å². The number of ether oxygens (including phenoxy) is 1. The largest absolute Gasteiger partial charge is 0.497 e. The van der Waals surface area contributed by atoms with E-state index < -0.39 is 5.91 Å². The first kappa shape index (κ1) is 22.7. The summed E-state index contributed by atoms with van der Waals surface area (Å²) in [5.41, 5.74) is 5.66. The van der Waals surface area contributed by atoms with Crippen molar-refractivity contribution < 1.29 is 19.5 Å². The fourth-order valence-electron chi connectivity index (χ4n) is 4.49. The van der Waals surface area contributed by atoms with Crippen LogP contribution < -0.4 is 15.5 Å². The molecule has 2 heterocycles. The molecule has 1 aliphatic carbocycles. The Morgan fingerprint density at radius 3 is 2.71 bits per heavy atom. The maximum absolute atomic E-state index is 13.7. The number of nitrogens with zero attached hydrogens (tertiary/aromatic N) is 3. The fourth-order valence-corrected chi connectivity index (χ4v) is 4.49. The Bertz CT molecular complexity index is 1420. The molecule has 0 bridgehead atoms. The molecule has 9 heteroatoms. The number of nitrogens with one attached hydrogen (secondary N) is 2. The minimum absolute atomic E-state index is 0.236. The van der Waals surface area contributed by atoms with Crippen molar-refractivity contribution in [2.24, 2.45) is 0 Å². The lowest BCUT2D eigenvalue weighted by Crippen LogP contribution is -2.19. The van der Waals surface area contributed by atoms with Gasteiger partial charge < -0.3 is 14.6 Å². The van der Waals surface area contributed by atoms with Gasteiger partial charge in [0, 0.05) is 41.0 Å². The van der Waals surface area contributed by atoms with E-state index in [4.69, 9.17) is 9.94 Å². The van der Waals surface area contributed by atoms with Crippen LogP contribution in [0.25, 0.3) is 16.6 Å². The summed E-state index contributed by atoms with van der Waals surface area (Å²) < 4.78 is 9.52. The number of rotatable bonds is 8. The minimum atomic E-state index is -0.648. The Morgan fingerprint density at radius 1 is 1.17 bits per heavy atom. The predicted molar refractivity (Wildman–Crippen MR) is 132 cm³/mol. The van der Waals surface area contributed by atoms with Crippen LogP contribution in [0.5, 0.6) is 5.75 Å². The quantitative estimate of drug-likeness (QED) is 0.258. The number of anilines is 1. The van der Waals surface area contributed by atoms with Gasteiger partial charge in [-0.3, -0.25) is 19.5 Å². The molecule has 5 rings (SSSR count). The Kier molecular flexibility index (Phi) is 6.00. The van der Waals surface area contributed by atoms with E-state index in [0.717, 1.165) is 48.1 Å². The van der Waals surface area contributed by atoms with E-state index in [2.05, 4.69) is 21.9 Å². The fraction of sp³-hybridized carbons (Fsp3) is 0.269. The standard InChI is InChI=1S/C26H27N5O4/c1-3-11-30-15-19(14-27-30)31-22-10-9-20(35-2)13-21(22)23(24(31)16-7-8-16)26(33)28-18-6-4-5-17(12-18)25(32)29-34/h4-6,9-10,12-16,34H,3,7-8,11H2,1-2H3,(H,28,33)(H,29,32). The molecule has 0 atom stereocenters. The second kappa shape index (κ2) is 9.27. The molecule has 9 nitrogen and oxygen atoms in total. The first-order valence-electron chi connectivity index (χ1n) is 11.6. The summed E-state index contributed by atoms with van der Waals surface area (Å²) in [6, 6.07) is 12.2. The number of benzene rings is 2. The van der Waals surface area contributed by atoms with Crippen molar-refractivity contribution in [1.82, 2.24) is 19.8 Å². The van der Waals surface area contributed by atoms with Crippen LogP contribution in [0.3, 0.4) is 0 Å². The summed E-state index contributed by atoms with van der Waals surface area (Å²) >= 11 is 0. The van der Waals surface area contributed by atoms with E-state index in [1.807, 2.05) is 35.3 Å². The van der Waals surface area contributed by atoms with Gasteiger partial charge in [0.2, 0.25) is 0 Å². The van der Waals surface area contributed by atoms with Crippen molar-refractivity contribution in [3.05, 3.63) is 71.7 Å². The summed E-state index contributed by atoms with van der Waals surface area (Å²) in [7, 11) is 1.60. The van der Waals surface area contributed by atoms with Gasteiger partial charge in [-0.1, -0.05) is 13.0 Å². The Balaban J connectivity index is 1.65. The van der Waals surface area contributed by atoms with Gasteiger partial charge in [0.05, 0.1) is 30.1 Å². The normalized spacial score (nSPS) is 13.1. The van der Waals surface area contributed by atoms with Crippen LogP contribution in [0.4, 0.5) is 5.69 Å². The lowest BCUT2D eigenvalue weighted by atomic mass is 10.1. The zero-order chi connectivity index (χ0) is 24.5. The second-order valence-electron chi connectivity index (χ2n) is 8.69. The van der Waals surface area contributed by atoms with Gasteiger partial charge in [0.15, 0.2) is 0 Å². The maximum atomic E-state index is 13.7. The van der Waals surface area contributed by atoms with Crippen molar-refractivity contribution in [1.29, 1.82) is 0 Å². The highest BCUT2D eigenvalue weighted by atomic mass is 16.5. The minimum Gasteiger partial charge on any atom is -0.497 e. The van der Waals surface area contributed by atoms with E-state index in [-0.39, 0.29) is 17.4 Å². The molecule has 2 amide bonds. The molecule has 35 heavy (non-hydrogen) atoms. The topological polar surface area (TPSA) is 110 Å². The van der Waals surface area contributed by atoms with Crippen LogP contribution in [0.2, 0.25) is 0 Å². The number of hydroxylamine groups is 1. The molecule has 0 unspecified atom stereocenters. The van der Waals surface area contributed by atoms with Crippen molar-refractivity contribution in [3.8, 4) is 11.4 Å². The lowest BCUT2D eigenvalue weighted by molar-refractivity contribution is 0.0706. The number of hydrogen-bond acceptors (Lipinski definition) is 5. The lowest BCUT2D eigenvalue weighted by Gasteiger charge is -2.11. The average Bonchev–Trinajstić information content (AvgIpc) is 3.52. The zero-order valence-electron chi connectivity index (χ0n) is 19.6. The van der Waals surface area contributed by atoms with Crippen LogP contribution in [0.15, 0.2) is 54.9 Å². The van der Waals surface area contributed by atoms with Crippen LogP contribution >= 0.6 is 0 Å². The van der Waals surface area contributed by atoms with Crippen molar-refractivity contribution in [3.63, 3.8) is 0 Å². The first-order valence-corrected chi connectivity index (χ1v) is 11.6. The van der Waals surface area contributed by atoms with Crippen LogP contribution in [-0.4, -0.2) is 38.5 Å². The zero-order valence-corrected chi connectivity index (χ0v) is 19.6. The maximum Gasteiger partial charge on any atom is 0.274 e. The molecule has 4 aromatic rings. The third-order valence-corrected chi connectivity index (χ3v) is 6.22. The van der Waals surface area contributed by atoms with Crippen LogP contribution in [-0.2, 0) is 6.54 Å². The third-order valence-electron chi connectivity index (χ3n) is 6.22. The van der Waals surface area contributed by atoms with Crippen molar-refractivity contribution in [2.45, 2.75) is 38.6 Å². The highest BCUT2D eigenvalue weighted by Gasteiger charge is 2.35. The average molecular weight is 474 g/mol. The molecular weight excluding hydrogens is 446 g/mol. The Hall–Kier alpha value is -4.11. The predicted octanol–water partition coefficient (Wildman–Crippen LogP) is 4.49. The van der Waals surface area contributed by atoms with Gasteiger partial charge in [-0.2, -0.15) is 5.10 Å². The van der Waals surface area contributed by atoms with Gasteiger partial charge >= 0.3 is 0 Å². The molecule has 1 fully saturated rings. The van der Waals surface area contributed by atoms with Crippen LogP contribution in [0, 0.1) is 0 Å². The molecule has 0 spiro atoms. The highest BCUT2D eigenvalue weighted by Crippen LogP contribution is 2.46. The number of aryl methyl sites for hydroxylation is 1. The Morgan fingerprint density at radius 2 is 2.00 bits per heavy atom. The van der Waals surface area contributed by atoms with Gasteiger partial charge in [0.1, 0.15) is 5.75 Å². The molecule has 3 N–H and O–H groups in total. The van der Waals surface area contributed by atoms with E-state index >= 15 is 0 Å².